The highest BCUT2D eigenvalue weighted by Crippen LogP contribution is 2.33. The van der Waals surface area contributed by atoms with Gasteiger partial charge in [0.05, 0.1) is 17.8 Å². The Bertz CT molecular complexity index is 1150. The van der Waals surface area contributed by atoms with Crippen molar-refractivity contribution in [1.29, 1.82) is 0 Å². The molecule has 0 bridgehead atoms. The SMILES string of the molecule is CCOC(=O)c1cnc2ccc(F)cc2c1Nc1cccc2ccccc12. The Kier molecular flexibility index (Phi) is 4.42. The van der Waals surface area contributed by atoms with Gasteiger partial charge >= 0.3 is 5.97 Å². The molecular weight excluding hydrogens is 343 g/mol. The number of carbonyl (C=O) groups is 1. The summed E-state index contributed by atoms with van der Waals surface area (Å²) in [6, 6.07) is 18.1. The lowest BCUT2D eigenvalue weighted by Gasteiger charge is -2.15. The Labute approximate surface area is 155 Å². The summed E-state index contributed by atoms with van der Waals surface area (Å²) in [5.74, 6) is -0.898. The van der Waals surface area contributed by atoms with Crippen molar-refractivity contribution in [2.24, 2.45) is 0 Å². The van der Waals surface area contributed by atoms with Crippen LogP contribution in [-0.4, -0.2) is 17.6 Å². The highest BCUT2D eigenvalue weighted by Gasteiger charge is 2.18. The first kappa shape index (κ1) is 17.0. The van der Waals surface area contributed by atoms with Crippen molar-refractivity contribution in [3.8, 4) is 0 Å². The second kappa shape index (κ2) is 7.03. The number of fused-ring (bicyclic) bond motifs is 2. The Balaban J connectivity index is 1.93. The standard InChI is InChI=1S/C22H17FN2O2/c1-2-27-22(26)18-13-24-19-11-10-15(23)12-17(19)21(18)25-20-9-5-7-14-6-3-4-8-16(14)20/h3-13H,2H2,1H3,(H,24,25). The quantitative estimate of drug-likeness (QED) is 0.492. The van der Waals surface area contributed by atoms with Crippen LogP contribution in [0.1, 0.15) is 17.3 Å². The zero-order chi connectivity index (χ0) is 18.8. The monoisotopic (exact) mass is 360 g/mol. The van der Waals surface area contributed by atoms with Crippen molar-refractivity contribution in [2.75, 3.05) is 11.9 Å². The van der Waals surface area contributed by atoms with Gasteiger partial charge in [0.15, 0.2) is 0 Å². The van der Waals surface area contributed by atoms with Gasteiger partial charge in [0, 0.05) is 22.7 Å². The molecule has 0 saturated heterocycles. The molecule has 0 atom stereocenters. The number of nitrogens with zero attached hydrogens (tertiary/aromatic N) is 1. The third-order valence-electron chi connectivity index (χ3n) is 4.37. The Hall–Kier alpha value is -3.47. The van der Waals surface area contributed by atoms with Crippen molar-refractivity contribution in [3.05, 3.63) is 78.2 Å². The molecule has 0 aliphatic heterocycles. The molecule has 3 aromatic carbocycles. The lowest BCUT2D eigenvalue weighted by atomic mass is 10.1. The van der Waals surface area contributed by atoms with Gasteiger partial charge in [-0.1, -0.05) is 36.4 Å². The molecule has 4 nitrogen and oxygen atoms in total. The third-order valence-corrected chi connectivity index (χ3v) is 4.37. The summed E-state index contributed by atoms with van der Waals surface area (Å²) in [4.78, 5) is 16.7. The second-order valence-electron chi connectivity index (χ2n) is 6.08. The lowest BCUT2D eigenvalue weighted by Crippen LogP contribution is -2.09. The van der Waals surface area contributed by atoms with Gasteiger partial charge in [-0.2, -0.15) is 0 Å². The van der Waals surface area contributed by atoms with E-state index in [1.807, 2.05) is 42.5 Å². The number of carbonyl (C=O) groups excluding carboxylic acids is 1. The van der Waals surface area contributed by atoms with Gasteiger partial charge in [-0.25, -0.2) is 9.18 Å². The van der Waals surface area contributed by atoms with E-state index in [4.69, 9.17) is 4.74 Å². The predicted octanol–water partition coefficient (Wildman–Crippen LogP) is 5.45. The van der Waals surface area contributed by atoms with E-state index in [-0.39, 0.29) is 12.2 Å². The van der Waals surface area contributed by atoms with Gasteiger partial charge in [0.1, 0.15) is 11.4 Å². The first-order valence-corrected chi connectivity index (χ1v) is 8.67. The van der Waals surface area contributed by atoms with E-state index >= 15 is 0 Å². The van der Waals surface area contributed by atoms with E-state index in [9.17, 15) is 9.18 Å². The van der Waals surface area contributed by atoms with Gasteiger partial charge in [0.25, 0.3) is 0 Å². The van der Waals surface area contributed by atoms with Crippen LogP contribution in [0.5, 0.6) is 0 Å². The van der Waals surface area contributed by atoms with Gasteiger partial charge in [-0.3, -0.25) is 4.98 Å². The fourth-order valence-electron chi connectivity index (χ4n) is 3.13. The number of hydrogen-bond donors (Lipinski definition) is 1. The van der Waals surface area contributed by atoms with Crippen LogP contribution < -0.4 is 5.32 Å². The van der Waals surface area contributed by atoms with Crippen LogP contribution in [-0.2, 0) is 4.74 Å². The number of hydrogen-bond acceptors (Lipinski definition) is 4. The number of ether oxygens (including phenoxy) is 1. The zero-order valence-corrected chi connectivity index (χ0v) is 14.7. The van der Waals surface area contributed by atoms with Crippen LogP contribution in [0.2, 0.25) is 0 Å². The van der Waals surface area contributed by atoms with E-state index in [2.05, 4.69) is 10.3 Å². The number of anilines is 2. The largest absolute Gasteiger partial charge is 0.462 e. The van der Waals surface area contributed by atoms with E-state index in [0.29, 0.717) is 16.6 Å². The average molecular weight is 360 g/mol. The maximum atomic E-state index is 13.9. The maximum Gasteiger partial charge on any atom is 0.341 e. The van der Waals surface area contributed by atoms with Gasteiger partial charge < -0.3 is 10.1 Å². The molecular formula is C22H17FN2O2. The summed E-state index contributed by atoms with van der Waals surface area (Å²) >= 11 is 0. The minimum atomic E-state index is -0.501. The van der Waals surface area contributed by atoms with E-state index < -0.39 is 11.8 Å². The number of halogens is 1. The van der Waals surface area contributed by atoms with Crippen molar-refractivity contribution in [2.45, 2.75) is 6.92 Å². The van der Waals surface area contributed by atoms with Crippen molar-refractivity contribution >= 4 is 39.0 Å². The number of benzene rings is 3. The molecule has 0 spiro atoms. The second-order valence-corrected chi connectivity index (χ2v) is 6.08. The summed E-state index contributed by atoms with van der Waals surface area (Å²) in [6.07, 6.45) is 1.46. The third kappa shape index (κ3) is 3.19. The molecule has 0 aliphatic carbocycles. The highest BCUT2D eigenvalue weighted by atomic mass is 19.1. The highest BCUT2D eigenvalue weighted by molar-refractivity contribution is 6.08. The fourth-order valence-corrected chi connectivity index (χ4v) is 3.13. The summed E-state index contributed by atoms with van der Waals surface area (Å²) in [5.41, 5.74) is 2.15. The lowest BCUT2D eigenvalue weighted by molar-refractivity contribution is 0.0527. The van der Waals surface area contributed by atoms with Crippen LogP contribution in [0.4, 0.5) is 15.8 Å². The van der Waals surface area contributed by atoms with Gasteiger partial charge in [0.2, 0.25) is 0 Å². The maximum absolute atomic E-state index is 13.9. The molecule has 4 rings (SSSR count). The number of rotatable bonds is 4. The average Bonchev–Trinajstić information content (AvgIpc) is 2.69. The molecule has 27 heavy (non-hydrogen) atoms. The van der Waals surface area contributed by atoms with Crippen LogP contribution in [0.3, 0.4) is 0 Å². The molecule has 0 unspecified atom stereocenters. The molecule has 134 valence electrons. The van der Waals surface area contributed by atoms with E-state index in [0.717, 1.165) is 16.5 Å². The van der Waals surface area contributed by atoms with Crippen LogP contribution in [0, 0.1) is 5.82 Å². The topological polar surface area (TPSA) is 51.2 Å². The molecule has 1 heterocycles. The normalized spacial score (nSPS) is 10.9. The first-order chi connectivity index (χ1) is 13.2. The minimum absolute atomic E-state index is 0.244. The first-order valence-electron chi connectivity index (χ1n) is 8.67. The molecule has 0 saturated carbocycles. The van der Waals surface area contributed by atoms with Gasteiger partial charge in [-0.15, -0.1) is 0 Å². The Morgan fingerprint density at radius 3 is 2.74 bits per heavy atom. The van der Waals surface area contributed by atoms with E-state index in [1.165, 1.54) is 18.3 Å². The molecule has 4 aromatic rings. The van der Waals surface area contributed by atoms with Crippen molar-refractivity contribution in [3.63, 3.8) is 0 Å². The summed E-state index contributed by atoms with van der Waals surface area (Å²) in [7, 11) is 0. The summed E-state index contributed by atoms with van der Waals surface area (Å²) < 4.78 is 19.1. The molecule has 0 radical (unpaired) electrons. The molecule has 5 heteroatoms. The molecule has 0 amide bonds. The van der Waals surface area contributed by atoms with Crippen LogP contribution >= 0.6 is 0 Å². The van der Waals surface area contributed by atoms with Crippen LogP contribution in [0.15, 0.2) is 66.9 Å². The number of esters is 1. The number of nitrogens with one attached hydrogen (secondary N) is 1. The zero-order valence-electron chi connectivity index (χ0n) is 14.7. The van der Waals surface area contributed by atoms with Gasteiger partial charge in [-0.05, 0) is 36.6 Å². The number of aromatic nitrogens is 1. The van der Waals surface area contributed by atoms with Crippen molar-refractivity contribution in [1.82, 2.24) is 4.98 Å². The van der Waals surface area contributed by atoms with Crippen molar-refractivity contribution < 1.29 is 13.9 Å². The van der Waals surface area contributed by atoms with Crippen LogP contribution in [0.25, 0.3) is 21.7 Å². The Morgan fingerprint density at radius 2 is 1.89 bits per heavy atom. The molecule has 0 fully saturated rings. The van der Waals surface area contributed by atoms with E-state index in [1.54, 1.807) is 13.0 Å². The predicted molar refractivity (Wildman–Crippen MR) is 105 cm³/mol. The minimum Gasteiger partial charge on any atom is -0.462 e. The molecule has 0 aliphatic rings. The summed E-state index contributed by atoms with van der Waals surface area (Å²) in [5, 5.41) is 5.90. The smallest absolute Gasteiger partial charge is 0.341 e. The fraction of sp³-hybridized carbons (Fsp3) is 0.0909. The number of pyridine rings is 1. The summed E-state index contributed by atoms with van der Waals surface area (Å²) in [6.45, 7) is 1.98. The molecule has 1 aromatic heterocycles. The Morgan fingerprint density at radius 1 is 1.07 bits per heavy atom. The molecule has 1 N–H and O–H groups in total.